The van der Waals surface area contributed by atoms with E-state index in [9.17, 15) is 9.90 Å². The first-order valence-electron chi connectivity index (χ1n) is 8.59. The van der Waals surface area contributed by atoms with Gasteiger partial charge in [-0.3, -0.25) is 4.79 Å². The number of hydrogen-bond acceptors (Lipinski definition) is 4. The van der Waals surface area contributed by atoms with Crippen molar-refractivity contribution in [2.24, 2.45) is 0 Å². The molecule has 2 aromatic rings. The fourth-order valence-electron chi connectivity index (χ4n) is 3.02. The minimum absolute atomic E-state index is 0.237. The van der Waals surface area contributed by atoms with Gasteiger partial charge in [-0.2, -0.15) is 0 Å². The molecule has 1 aliphatic rings. The number of nitrogens with one attached hydrogen (secondary N) is 2. The van der Waals surface area contributed by atoms with Gasteiger partial charge in [-0.05, 0) is 37.5 Å². The molecule has 25 heavy (non-hydrogen) atoms. The SMILES string of the molecule is O=C(/C=C/c1cnc[nH]1)N[C@@H]1CCCC[C@@H](Oc2ccccc2)[C@@H]1O. The van der Waals surface area contributed by atoms with Gasteiger partial charge in [0.25, 0.3) is 0 Å². The zero-order valence-corrected chi connectivity index (χ0v) is 14.0. The van der Waals surface area contributed by atoms with E-state index < -0.39 is 6.10 Å². The molecule has 1 heterocycles. The number of imidazole rings is 1. The van der Waals surface area contributed by atoms with Gasteiger partial charge in [0.15, 0.2) is 0 Å². The number of carbonyl (C=O) groups is 1. The largest absolute Gasteiger partial charge is 0.488 e. The molecule has 3 atom stereocenters. The Balaban J connectivity index is 1.60. The topological polar surface area (TPSA) is 87.2 Å². The third kappa shape index (κ3) is 4.93. The van der Waals surface area contributed by atoms with Crippen LogP contribution in [-0.2, 0) is 4.79 Å². The molecule has 1 saturated carbocycles. The van der Waals surface area contributed by atoms with Crippen molar-refractivity contribution in [2.45, 2.75) is 43.9 Å². The monoisotopic (exact) mass is 341 g/mol. The van der Waals surface area contributed by atoms with Gasteiger partial charge in [0.2, 0.25) is 5.91 Å². The van der Waals surface area contributed by atoms with E-state index in [0.717, 1.165) is 37.1 Å². The lowest BCUT2D eigenvalue weighted by atomic mass is 10.0. The van der Waals surface area contributed by atoms with Crippen molar-refractivity contribution in [1.82, 2.24) is 15.3 Å². The number of para-hydroxylation sites is 1. The summed E-state index contributed by atoms with van der Waals surface area (Å²) in [6.45, 7) is 0. The van der Waals surface area contributed by atoms with Crippen LogP contribution in [0, 0.1) is 0 Å². The Labute approximate surface area is 146 Å². The predicted molar refractivity (Wildman–Crippen MR) is 94.9 cm³/mol. The average Bonchev–Trinajstić information content (AvgIpc) is 3.09. The number of benzene rings is 1. The van der Waals surface area contributed by atoms with Gasteiger partial charge in [0.05, 0.1) is 24.3 Å². The molecule has 0 saturated heterocycles. The molecule has 3 N–H and O–H groups in total. The maximum Gasteiger partial charge on any atom is 0.244 e. The number of aromatic nitrogens is 2. The smallest absolute Gasteiger partial charge is 0.244 e. The fourth-order valence-corrected chi connectivity index (χ4v) is 3.02. The lowest BCUT2D eigenvalue weighted by molar-refractivity contribution is -0.118. The van der Waals surface area contributed by atoms with E-state index in [-0.39, 0.29) is 18.1 Å². The van der Waals surface area contributed by atoms with Crippen LogP contribution in [0.1, 0.15) is 31.4 Å². The molecule has 0 unspecified atom stereocenters. The van der Waals surface area contributed by atoms with Crippen LogP contribution >= 0.6 is 0 Å². The van der Waals surface area contributed by atoms with Gasteiger partial charge in [0, 0.05) is 6.08 Å². The van der Waals surface area contributed by atoms with Crippen LogP contribution < -0.4 is 10.1 Å². The number of rotatable bonds is 5. The van der Waals surface area contributed by atoms with Crippen molar-refractivity contribution in [1.29, 1.82) is 0 Å². The van der Waals surface area contributed by atoms with Gasteiger partial charge in [-0.15, -0.1) is 0 Å². The van der Waals surface area contributed by atoms with Gasteiger partial charge in [-0.25, -0.2) is 4.98 Å². The number of H-pyrrole nitrogens is 1. The second kappa shape index (κ2) is 8.48. The molecule has 3 rings (SSSR count). The first kappa shape index (κ1) is 17.2. The summed E-state index contributed by atoms with van der Waals surface area (Å²) < 4.78 is 5.95. The van der Waals surface area contributed by atoms with Crippen LogP contribution in [0.4, 0.5) is 0 Å². The van der Waals surface area contributed by atoms with Crippen LogP contribution in [0.15, 0.2) is 48.9 Å². The number of amides is 1. The summed E-state index contributed by atoms with van der Waals surface area (Å²) in [5.41, 5.74) is 0.752. The van der Waals surface area contributed by atoms with Gasteiger partial charge < -0.3 is 20.1 Å². The summed E-state index contributed by atoms with van der Waals surface area (Å²) in [5.74, 6) is 0.497. The summed E-state index contributed by atoms with van der Waals surface area (Å²) in [5, 5.41) is 13.6. The number of aliphatic hydroxyl groups excluding tert-OH is 1. The molecule has 6 nitrogen and oxygen atoms in total. The van der Waals surface area contributed by atoms with E-state index in [1.54, 1.807) is 18.6 Å². The second-order valence-corrected chi connectivity index (χ2v) is 6.20. The highest BCUT2D eigenvalue weighted by atomic mass is 16.5. The lowest BCUT2D eigenvalue weighted by Gasteiger charge is -2.28. The van der Waals surface area contributed by atoms with E-state index in [2.05, 4.69) is 15.3 Å². The van der Waals surface area contributed by atoms with E-state index in [1.807, 2.05) is 30.3 Å². The van der Waals surface area contributed by atoms with Crippen molar-refractivity contribution in [2.75, 3.05) is 0 Å². The standard InChI is InChI=1S/C19H23N3O3/c23-18(11-10-14-12-20-13-21-14)22-16-8-4-5-9-17(19(16)24)25-15-6-2-1-3-7-15/h1-3,6-7,10-13,16-17,19,24H,4-5,8-9H2,(H,20,21)(H,22,23)/b11-10+/t16-,17-,19-/m1/s1. The summed E-state index contributed by atoms with van der Waals surface area (Å²) >= 11 is 0. The lowest BCUT2D eigenvalue weighted by Crippen LogP contribution is -2.48. The maximum absolute atomic E-state index is 12.1. The van der Waals surface area contributed by atoms with Crippen molar-refractivity contribution < 1.29 is 14.6 Å². The minimum atomic E-state index is -0.743. The molecule has 132 valence electrons. The number of carbonyl (C=O) groups excluding carboxylic acids is 1. The normalized spacial score (nSPS) is 24.0. The van der Waals surface area contributed by atoms with Gasteiger partial charge in [0.1, 0.15) is 18.0 Å². The first-order valence-corrected chi connectivity index (χ1v) is 8.59. The number of aliphatic hydroxyl groups is 1. The summed E-state index contributed by atoms with van der Waals surface area (Å²) in [4.78, 5) is 18.9. The number of aromatic amines is 1. The summed E-state index contributed by atoms with van der Waals surface area (Å²) in [6, 6.07) is 9.15. The fraction of sp³-hybridized carbons (Fsp3) is 0.368. The number of nitrogens with zero attached hydrogens (tertiary/aromatic N) is 1. The Bertz CT molecular complexity index is 685. The average molecular weight is 341 g/mol. The van der Waals surface area contributed by atoms with E-state index in [4.69, 9.17) is 4.74 Å². The molecule has 6 heteroatoms. The molecule has 1 aromatic carbocycles. The molecular formula is C19H23N3O3. The Kier molecular flexibility index (Phi) is 5.85. The summed E-state index contributed by atoms with van der Waals surface area (Å²) in [6.07, 6.45) is 8.63. The van der Waals surface area contributed by atoms with E-state index in [0.29, 0.717) is 0 Å². The van der Waals surface area contributed by atoms with Crippen LogP contribution in [0.2, 0.25) is 0 Å². The van der Waals surface area contributed by atoms with Crippen molar-refractivity contribution in [3.8, 4) is 5.75 Å². The molecule has 1 amide bonds. The highest BCUT2D eigenvalue weighted by Gasteiger charge is 2.32. The Morgan fingerprint density at radius 2 is 2.08 bits per heavy atom. The molecule has 0 bridgehead atoms. The molecular weight excluding hydrogens is 318 g/mol. The zero-order chi connectivity index (χ0) is 17.5. The zero-order valence-electron chi connectivity index (χ0n) is 14.0. The Hall–Kier alpha value is -2.60. The van der Waals surface area contributed by atoms with Crippen LogP contribution in [0.3, 0.4) is 0 Å². The Morgan fingerprint density at radius 3 is 2.84 bits per heavy atom. The Morgan fingerprint density at radius 1 is 1.28 bits per heavy atom. The molecule has 1 aromatic heterocycles. The molecule has 0 aliphatic heterocycles. The van der Waals surface area contributed by atoms with Crippen LogP contribution in [0.5, 0.6) is 5.75 Å². The number of ether oxygens (including phenoxy) is 1. The maximum atomic E-state index is 12.1. The predicted octanol–water partition coefficient (Wildman–Crippen LogP) is 2.29. The van der Waals surface area contributed by atoms with E-state index in [1.165, 1.54) is 6.08 Å². The molecule has 0 spiro atoms. The first-order chi connectivity index (χ1) is 12.2. The van der Waals surface area contributed by atoms with E-state index >= 15 is 0 Å². The quantitative estimate of drug-likeness (QED) is 0.575. The van der Waals surface area contributed by atoms with Crippen molar-refractivity contribution >= 4 is 12.0 Å². The van der Waals surface area contributed by atoms with Crippen molar-refractivity contribution in [3.63, 3.8) is 0 Å². The molecule has 0 radical (unpaired) electrons. The second-order valence-electron chi connectivity index (χ2n) is 6.20. The highest BCUT2D eigenvalue weighted by molar-refractivity contribution is 5.91. The summed E-state index contributed by atoms with van der Waals surface area (Å²) in [7, 11) is 0. The van der Waals surface area contributed by atoms with Crippen LogP contribution in [-0.4, -0.2) is 39.2 Å². The van der Waals surface area contributed by atoms with Crippen molar-refractivity contribution in [3.05, 3.63) is 54.6 Å². The third-order valence-electron chi connectivity index (χ3n) is 4.34. The number of hydrogen-bond donors (Lipinski definition) is 3. The molecule has 1 aliphatic carbocycles. The molecule has 1 fully saturated rings. The third-order valence-corrected chi connectivity index (χ3v) is 4.34. The highest BCUT2D eigenvalue weighted by Crippen LogP contribution is 2.23. The van der Waals surface area contributed by atoms with Gasteiger partial charge in [-0.1, -0.05) is 24.6 Å². The minimum Gasteiger partial charge on any atom is -0.488 e. The van der Waals surface area contributed by atoms with Gasteiger partial charge >= 0.3 is 0 Å². The van der Waals surface area contributed by atoms with Crippen LogP contribution in [0.25, 0.3) is 6.08 Å².